The number of amides is 1. The Labute approximate surface area is 164 Å². The molecule has 0 radical (unpaired) electrons. The molecule has 8 heteroatoms. The summed E-state index contributed by atoms with van der Waals surface area (Å²) in [5, 5.41) is 8.38. The molecular weight excluding hydrogens is 374 g/mol. The van der Waals surface area contributed by atoms with E-state index in [9.17, 15) is 9.59 Å². The summed E-state index contributed by atoms with van der Waals surface area (Å²) in [6, 6.07) is 9.84. The van der Waals surface area contributed by atoms with Crippen LogP contribution in [0.3, 0.4) is 0 Å². The van der Waals surface area contributed by atoms with Gasteiger partial charge in [0.25, 0.3) is 11.5 Å². The highest BCUT2D eigenvalue weighted by Gasteiger charge is 2.14. The van der Waals surface area contributed by atoms with Crippen molar-refractivity contribution in [2.75, 3.05) is 0 Å². The predicted octanol–water partition coefficient (Wildman–Crippen LogP) is 2.53. The highest BCUT2D eigenvalue weighted by Crippen LogP contribution is 2.22. The van der Waals surface area contributed by atoms with Crippen LogP contribution >= 0.6 is 11.3 Å². The maximum Gasteiger partial charge on any atom is 0.257 e. The fourth-order valence-electron chi connectivity index (χ4n) is 2.93. The lowest BCUT2D eigenvalue weighted by molar-refractivity contribution is 0.0953. The first-order valence-electron chi connectivity index (χ1n) is 8.84. The number of fused-ring (bicyclic) bond motifs is 1. The zero-order chi connectivity index (χ0) is 19.3. The normalized spacial score (nSPS) is 11.0. The Morgan fingerprint density at radius 3 is 2.54 bits per heavy atom. The van der Waals surface area contributed by atoms with E-state index >= 15 is 0 Å². The molecule has 7 nitrogen and oxygen atoms in total. The van der Waals surface area contributed by atoms with Crippen molar-refractivity contribution < 1.29 is 4.79 Å². The summed E-state index contributed by atoms with van der Waals surface area (Å²) in [5.41, 5.74) is 2.32. The van der Waals surface area contributed by atoms with Gasteiger partial charge in [0.15, 0.2) is 0 Å². The van der Waals surface area contributed by atoms with Gasteiger partial charge < -0.3 is 20.6 Å². The Bertz CT molecular complexity index is 1130. The third-order valence-corrected chi connectivity index (χ3v) is 5.34. The monoisotopic (exact) mass is 393 g/mol. The van der Waals surface area contributed by atoms with Crippen LogP contribution in [0, 0.1) is 0 Å². The van der Waals surface area contributed by atoms with Gasteiger partial charge in [0.1, 0.15) is 5.82 Å². The average molecular weight is 393 g/mol. The lowest BCUT2D eigenvalue weighted by Crippen LogP contribution is -2.23. The number of aromatic amines is 2. The van der Waals surface area contributed by atoms with Gasteiger partial charge in [-0.15, -0.1) is 11.3 Å². The second-order valence-corrected chi connectivity index (χ2v) is 7.25. The van der Waals surface area contributed by atoms with Crippen LogP contribution in [-0.4, -0.2) is 20.9 Å². The minimum atomic E-state index is -0.243. The largest absolute Gasteiger partial charge is 0.348 e. The molecule has 1 amide bonds. The van der Waals surface area contributed by atoms with Gasteiger partial charge in [0.05, 0.1) is 17.5 Å². The van der Waals surface area contributed by atoms with E-state index in [4.69, 9.17) is 0 Å². The van der Waals surface area contributed by atoms with Crippen molar-refractivity contribution in [2.45, 2.75) is 19.6 Å². The molecule has 0 atom stereocenters. The van der Waals surface area contributed by atoms with E-state index in [2.05, 4.69) is 25.6 Å². The standard InChI is InChI=1S/C20H19N5O2S/c26-19(15-12-28-16-5-6-24-20(27)18(15)16)25-10-14-3-1-13(2-4-14)9-21-11-17-22-7-8-23-17/h1-8,12,21H,9-11H2,(H,22,23)(H,24,27)(H,25,26). The Kier molecular flexibility index (Phi) is 5.31. The number of hydrogen-bond acceptors (Lipinski definition) is 5. The first-order valence-corrected chi connectivity index (χ1v) is 9.72. The van der Waals surface area contributed by atoms with Crippen molar-refractivity contribution in [1.29, 1.82) is 0 Å². The number of pyridine rings is 1. The van der Waals surface area contributed by atoms with Gasteiger partial charge in [0.2, 0.25) is 0 Å². The fraction of sp³-hybridized carbons (Fsp3) is 0.150. The molecule has 4 rings (SSSR count). The molecule has 4 aromatic rings. The molecule has 28 heavy (non-hydrogen) atoms. The van der Waals surface area contributed by atoms with Gasteiger partial charge in [-0.05, 0) is 17.2 Å². The molecule has 0 saturated carbocycles. The minimum Gasteiger partial charge on any atom is -0.348 e. The predicted molar refractivity (Wildman–Crippen MR) is 109 cm³/mol. The number of rotatable bonds is 7. The highest BCUT2D eigenvalue weighted by molar-refractivity contribution is 7.17. The van der Waals surface area contributed by atoms with Crippen LogP contribution in [-0.2, 0) is 19.6 Å². The van der Waals surface area contributed by atoms with Gasteiger partial charge in [-0.25, -0.2) is 4.98 Å². The Balaban J connectivity index is 1.33. The van der Waals surface area contributed by atoms with Crippen molar-refractivity contribution in [1.82, 2.24) is 25.6 Å². The maximum atomic E-state index is 12.5. The summed E-state index contributed by atoms with van der Waals surface area (Å²) in [5.74, 6) is 0.659. The molecule has 0 aliphatic carbocycles. The summed E-state index contributed by atoms with van der Waals surface area (Å²) in [7, 11) is 0. The van der Waals surface area contributed by atoms with Gasteiger partial charge in [-0.3, -0.25) is 9.59 Å². The maximum absolute atomic E-state index is 12.5. The molecule has 0 unspecified atom stereocenters. The van der Waals surface area contributed by atoms with Crippen LogP contribution < -0.4 is 16.2 Å². The molecule has 0 spiro atoms. The topological polar surface area (TPSA) is 103 Å². The molecule has 3 aromatic heterocycles. The van der Waals surface area contributed by atoms with Crippen molar-refractivity contribution in [3.8, 4) is 0 Å². The summed E-state index contributed by atoms with van der Waals surface area (Å²) in [6.07, 6.45) is 5.12. The average Bonchev–Trinajstić information content (AvgIpc) is 3.38. The van der Waals surface area contributed by atoms with Gasteiger partial charge >= 0.3 is 0 Å². The zero-order valence-electron chi connectivity index (χ0n) is 15.0. The molecule has 0 saturated heterocycles. The molecule has 0 bridgehead atoms. The number of thiophene rings is 1. The number of nitrogens with zero attached hydrogens (tertiary/aromatic N) is 1. The molecule has 1 aromatic carbocycles. The van der Waals surface area contributed by atoms with E-state index in [-0.39, 0.29) is 11.5 Å². The van der Waals surface area contributed by atoms with E-state index in [1.807, 2.05) is 24.3 Å². The van der Waals surface area contributed by atoms with Crippen LogP contribution in [0.25, 0.3) is 10.1 Å². The number of carbonyl (C=O) groups is 1. The molecule has 0 aliphatic heterocycles. The van der Waals surface area contributed by atoms with Gasteiger partial charge in [-0.1, -0.05) is 24.3 Å². The van der Waals surface area contributed by atoms with E-state index < -0.39 is 0 Å². The van der Waals surface area contributed by atoms with Gasteiger partial charge in [-0.2, -0.15) is 0 Å². The van der Waals surface area contributed by atoms with Crippen molar-refractivity contribution in [3.05, 3.63) is 87.2 Å². The number of carbonyl (C=O) groups excluding carboxylic acids is 1. The molecule has 0 aliphatic rings. The molecule has 0 fully saturated rings. The number of nitrogens with one attached hydrogen (secondary N) is 4. The Morgan fingerprint density at radius 1 is 1.00 bits per heavy atom. The van der Waals surface area contributed by atoms with E-state index in [1.54, 1.807) is 30.0 Å². The Morgan fingerprint density at radius 2 is 1.79 bits per heavy atom. The number of H-pyrrole nitrogens is 2. The molecule has 3 heterocycles. The first-order chi connectivity index (χ1) is 13.7. The second kappa shape index (κ2) is 8.20. The zero-order valence-corrected chi connectivity index (χ0v) is 15.8. The number of benzene rings is 1. The molecule has 4 N–H and O–H groups in total. The number of imidazole rings is 1. The Hall–Kier alpha value is -3.23. The summed E-state index contributed by atoms with van der Waals surface area (Å²) in [6.45, 7) is 1.82. The SMILES string of the molecule is O=C(NCc1ccc(CNCc2ncc[nH]2)cc1)c1csc2cc[nH]c(=O)c12. The van der Waals surface area contributed by atoms with Crippen LogP contribution in [0.4, 0.5) is 0 Å². The van der Waals surface area contributed by atoms with Crippen LogP contribution in [0.2, 0.25) is 0 Å². The van der Waals surface area contributed by atoms with Crippen LogP contribution in [0.5, 0.6) is 0 Å². The summed E-state index contributed by atoms with van der Waals surface area (Å²) < 4.78 is 0.806. The van der Waals surface area contributed by atoms with Crippen LogP contribution in [0.1, 0.15) is 27.3 Å². The third-order valence-electron chi connectivity index (χ3n) is 4.39. The summed E-state index contributed by atoms with van der Waals surface area (Å²) >= 11 is 1.39. The third kappa shape index (κ3) is 4.03. The quantitative estimate of drug-likeness (QED) is 0.387. The lowest BCUT2D eigenvalue weighted by Gasteiger charge is -2.07. The second-order valence-electron chi connectivity index (χ2n) is 6.33. The van der Waals surface area contributed by atoms with Crippen molar-refractivity contribution in [3.63, 3.8) is 0 Å². The number of hydrogen-bond donors (Lipinski definition) is 4. The van der Waals surface area contributed by atoms with E-state index in [0.717, 1.165) is 28.2 Å². The molecular formula is C20H19N5O2S. The lowest BCUT2D eigenvalue weighted by atomic mass is 10.1. The van der Waals surface area contributed by atoms with E-state index in [0.29, 0.717) is 24.0 Å². The fourth-order valence-corrected chi connectivity index (χ4v) is 3.87. The van der Waals surface area contributed by atoms with Crippen LogP contribution in [0.15, 0.2) is 59.1 Å². The first kappa shape index (κ1) is 18.1. The van der Waals surface area contributed by atoms with Gasteiger partial charge in [0, 0.05) is 41.8 Å². The minimum absolute atomic E-state index is 0.240. The smallest absolute Gasteiger partial charge is 0.257 e. The molecule has 142 valence electrons. The van der Waals surface area contributed by atoms with E-state index in [1.165, 1.54) is 11.3 Å². The highest BCUT2D eigenvalue weighted by atomic mass is 32.1. The van der Waals surface area contributed by atoms with Crippen molar-refractivity contribution in [2.24, 2.45) is 0 Å². The summed E-state index contributed by atoms with van der Waals surface area (Å²) in [4.78, 5) is 34.3. The van der Waals surface area contributed by atoms with Crippen molar-refractivity contribution >= 4 is 27.3 Å². The number of aromatic nitrogens is 3.